The summed E-state index contributed by atoms with van der Waals surface area (Å²) in [5.41, 5.74) is 2.85. The number of fused-ring (bicyclic) bond motifs is 1. The zero-order chi connectivity index (χ0) is 26.5. The minimum atomic E-state index is -0.940. The molecule has 38 heavy (non-hydrogen) atoms. The molecule has 1 heterocycles. The predicted octanol–water partition coefficient (Wildman–Crippen LogP) is 6.67. The van der Waals surface area contributed by atoms with Crippen LogP contribution in [0.3, 0.4) is 0 Å². The highest BCUT2D eigenvalue weighted by molar-refractivity contribution is 6.30. The summed E-state index contributed by atoms with van der Waals surface area (Å²) in [6, 6.07) is 27.8. The van der Waals surface area contributed by atoms with E-state index in [9.17, 15) is 9.59 Å². The standard InChI is InChI=1S/C30H24Cl2N2O4/c31-23-10-6-21(7-11-23)18-34(28(35)16-20-4-2-1-3-5-20)29(22-8-12-24(32)13-9-22)30(36)33-25-14-15-26-27(17-25)38-19-37-26/h1-15,17,29H,16,18-19H2,(H,33,36). The van der Waals surface area contributed by atoms with E-state index in [1.54, 1.807) is 59.5 Å². The van der Waals surface area contributed by atoms with Crippen molar-refractivity contribution in [2.24, 2.45) is 0 Å². The Hall–Kier alpha value is -4.00. The van der Waals surface area contributed by atoms with Crippen molar-refractivity contribution in [3.8, 4) is 11.5 Å². The molecule has 8 heteroatoms. The third kappa shape index (κ3) is 6.10. The van der Waals surface area contributed by atoms with Gasteiger partial charge in [0.2, 0.25) is 12.7 Å². The molecular weight excluding hydrogens is 523 g/mol. The SMILES string of the molecule is O=C(Nc1ccc2c(c1)OCO2)C(c1ccc(Cl)cc1)N(Cc1ccc(Cl)cc1)C(=O)Cc1ccccc1. The molecule has 0 bridgehead atoms. The van der Waals surface area contributed by atoms with Gasteiger partial charge in [-0.05, 0) is 53.1 Å². The summed E-state index contributed by atoms with van der Waals surface area (Å²) in [4.78, 5) is 29.3. The number of rotatable bonds is 8. The Bertz CT molecular complexity index is 1430. The van der Waals surface area contributed by atoms with Crippen LogP contribution in [-0.2, 0) is 22.6 Å². The number of hydrogen-bond donors (Lipinski definition) is 1. The van der Waals surface area contributed by atoms with Gasteiger partial charge < -0.3 is 19.7 Å². The molecule has 1 aliphatic heterocycles. The van der Waals surface area contributed by atoms with Gasteiger partial charge in [0.15, 0.2) is 11.5 Å². The molecule has 0 aromatic heterocycles. The highest BCUT2D eigenvalue weighted by Crippen LogP contribution is 2.35. The molecule has 0 saturated carbocycles. The minimum Gasteiger partial charge on any atom is -0.454 e. The number of amides is 2. The fraction of sp³-hybridized carbons (Fsp3) is 0.133. The molecule has 6 nitrogen and oxygen atoms in total. The Morgan fingerprint density at radius 2 is 1.45 bits per heavy atom. The van der Waals surface area contributed by atoms with Crippen LogP contribution >= 0.6 is 23.2 Å². The predicted molar refractivity (Wildman–Crippen MR) is 148 cm³/mol. The Balaban J connectivity index is 1.51. The van der Waals surface area contributed by atoms with Gasteiger partial charge in [-0.3, -0.25) is 9.59 Å². The zero-order valence-electron chi connectivity index (χ0n) is 20.3. The topological polar surface area (TPSA) is 67.9 Å². The summed E-state index contributed by atoms with van der Waals surface area (Å²) in [7, 11) is 0. The number of halogens is 2. The largest absolute Gasteiger partial charge is 0.454 e. The van der Waals surface area contributed by atoms with Crippen molar-refractivity contribution >= 4 is 40.7 Å². The van der Waals surface area contributed by atoms with E-state index in [0.717, 1.165) is 11.1 Å². The maximum absolute atomic E-state index is 13.9. The smallest absolute Gasteiger partial charge is 0.251 e. The second-order valence-electron chi connectivity index (χ2n) is 8.82. The van der Waals surface area contributed by atoms with Gasteiger partial charge in [-0.15, -0.1) is 0 Å². The van der Waals surface area contributed by atoms with Crippen molar-refractivity contribution < 1.29 is 19.1 Å². The molecular formula is C30H24Cl2N2O4. The van der Waals surface area contributed by atoms with E-state index in [1.165, 1.54) is 0 Å². The first-order valence-electron chi connectivity index (χ1n) is 12.0. The molecule has 0 fully saturated rings. The zero-order valence-corrected chi connectivity index (χ0v) is 21.8. The first-order chi connectivity index (χ1) is 18.5. The number of carbonyl (C=O) groups excluding carboxylic acids is 2. The van der Waals surface area contributed by atoms with Crippen molar-refractivity contribution in [3.05, 3.63) is 124 Å². The Kier molecular flexibility index (Phi) is 7.82. The summed E-state index contributed by atoms with van der Waals surface area (Å²) in [6.07, 6.45) is 0.135. The molecule has 5 rings (SSSR count). The van der Waals surface area contributed by atoms with E-state index in [0.29, 0.717) is 32.8 Å². The summed E-state index contributed by atoms with van der Waals surface area (Å²) in [6.45, 7) is 0.327. The average molecular weight is 547 g/mol. The summed E-state index contributed by atoms with van der Waals surface area (Å²) < 4.78 is 10.8. The molecule has 1 N–H and O–H groups in total. The van der Waals surface area contributed by atoms with E-state index in [4.69, 9.17) is 32.7 Å². The number of carbonyl (C=O) groups is 2. The molecule has 4 aromatic carbocycles. The molecule has 1 unspecified atom stereocenters. The van der Waals surface area contributed by atoms with Crippen LogP contribution in [0, 0.1) is 0 Å². The van der Waals surface area contributed by atoms with Crippen molar-refractivity contribution in [2.75, 3.05) is 12.1 Å². The summed E-state index contributed by atoms with van der Waals surface area (Å²) >= 11 is 12.3. The summed E-state index contributed by atoms with van der Waals surface area (Å²) in [5, 5.41) is 4.08. The molecule has 0 saturated heterocycles. The van der Waals surface area contributed by atoms with Gasteiger partial charge in [-0.2, -0.15) is 0 Å². The molecule has 1 aliphatic rings. The summed E-state index contributed by atoms with van der Waals surface area (Å²) in [5.74, 6) is 0.581. The van der Waals surface area contributed by atoms with Gasteiger partial charge >= 0.3 is 0 Å². The van der Waals surface area contributed by atoms with Gasteiger partial charge in [0.1, 0.15) is 6.04 Å². The second-order valence-corrected chi connectivity index (χ2v) is 9.69. The fourth-order valence-corrected chi connectivity index (χ4v) is 4.54. The highest BCUT2D eigenvalue weighted by Gasteiger charge is 2.32. The van der Waals surface area contributed by atoms with Crippen molar-refractivity contribution in [1.82, 2.24) is 4.90 Å². The maximum atomic E-state index is 13.9. The van der Waals surface area contributed by atoms with E-state index < -0.39 is 6.04 Å². The lowest BCUT2D eigenvalue weighted by Crippen LogP contribution is -2.41. The van der Waals surface area contributed by atoms with Crippen LogP contribution in [0.2, 0.25) is 10.0 Å². The molecule has 0 spiro atoms. The fourth-order valence-electron chi connectivity index (χ4n) is 4.28. The van der Waals surface area contributed by atoms with Gasteiger partial charge in [0.05, 0.1) is 6.42 Å². The van der Waals surface area contributed by atoms with Crippen LogP contribution in [0.1, 0.15) is 22.7 Å². The maximum Gasteiger partial charge on any atom is 0.251 e. The number of hydrogen-bond acceptors (Lipinski definition) is 4. The van der Waals surface area contributed by atoms with E-state index >= 15 is 0 Å². The lowest BCUT2D eigenvalue weighted by Gasteiger charge is -2.32. The number of anilines is 1. The lowest BCUT2D eigenvalue weighted by atomic mass is 10.0. The molecule has 4 aromatic rings. The number of nitrogens with zero attached hydrogens (tertiary/aromatic N) is 1. The van der Waals surface area contributed by atoms with Crippen LogP contribution in [0.4, 0.5) is 5.69 Å². The first-order valence-corrected chi connectivity index (χ1v) is 12.8. The normalized spacial score (nSPS) is 12.6. The third-order valence-corrected chi connectivity index (χ3v) is 6.67. The second kappa shape index (κ2) is 11.6. The van der Waals surface area contributed by atoms with Crippen LogP contribution in [0.5, 0.6) is 11.5 Å². The van der Waals surface area contributed by atoms with E-state index in [-0.39, 0.29) is 31.6 Å². The Morgan fingerprint density at radius 3 is 2.16 bits per heavy atom. The van der Waals surface area contributed by atoms with Crippen molar-refractivity contribution in [2.45, 2.75) is 19.0 Å². The van der Waals surface area contributed by atoms with Crippen LogP contribution < -0.4 is 14.8 Å². The Labute approximate surface area is 230 Å². The lowest BCUT2D eigenvalue weighted by molar-refractivity contribution is -0.139. The van der Waals surface area contributed by atoms with Gasteiger partial charge in [0.25, 0.3) is 5.91 Å². The van der Waals surface area contributed by atoms with Crippen LogP contribution in [0.15, 0.2) is 97.1 Å². The molecule has 1 atom stereocenters. The molecule has 192 valence electrons. The molecule has 2 amide bonds. The minimum absolute atomic E-state index is 0.128. The highest BCUT2D eigenvalue weighted by atomic mass is 35.5. The molecule has 0 radical (unpaired) electrons. The van der Waals surface area contributed by atoms with Gasteiger partial charge in [-0.25, -0.2) is 0 Å². The van der Waals surface area contributed by atoms with E-state index in [1.807, 2.05) is 42.5 Å². The van der Waals surface area contributed by atoms with Gasteiger partial charge in [0, 0.05) is 28.3 Å². The third-order valence-electron chi connectivity index (χ3n) is 6.17. The number of nitrogens with one attached hydrogen (secondary N) is 1. The van der Waals surface area contributed by atoms with Gasteiger partial charge in [-0.1, -0.05) is 77.8 Å². The average Bonchev–Trinajstić information content (AvgIpc) is 3.39. The number of ether oxygens (including phenoxy) is 2. The quantitative estimate of drug-likeness (QED) is 0.268. The monoisotopic (exact) mass is 546 g/mol. The van der Waals surface area contributed by atoms with Crippen LogP contribution in [-0.4, -0.2) is 23.5 Å². The van der Waals surface area contributed by atoms with Crippen molar-refractivity contribution in [3.63, 3.8) is 0 Å². The first kappa shape index (κ1) is 25.6. The molecule has 0 aliphatic carbocycles. The van der Waals surface area contributed by atoms with Crippen molar-refractivity contribution in [1.29, 1.82) is 0 Å². The Morgan fingerprint density at radius 1 is 0.789 bits per heavy atom. The van der Waals surface area contributed by atoms with Crippen LogP contribution in [0.25, 0.3) is 0 Å². The van der Waals surface area contributed by atoms with E-state index in [2.05, 4.69) is 5.32 Å². The number of benzene rings is 4.